The third-order valence-corrected chi connectivity index (χ3v) is 2.07. The van der Waals surface area contributed by atoms with Crippen LogP contribution in [0.5, 0.6) is 0 Å². The number of halogens is 4. The summed E-state index contributed by atoms with van der Waals surface area (Å²) in [5, 5.41) is -3.67. The van der Waals surface area contributed by atoms with Gasteiger partial charge in [-0.1, -0.05) is 11.6 Å². The Hall–Kier alpha value is -0.740. The minimum absolute atomic E-state index is 0.168. The largest absolute Gasteiger partial charge is 0.380 e. The van der Waals surface area contributed by atoms with E-state index in [2.05, 4.69) is 16.6 Å². The molecule has 0 saturated carbocycles. The molecule has 0 radical (unpaired) electrons. The van der Waals surface area contributed by atoms with Crippen molar-refractivity contribution in [1.29, 1.82) is 0 Å². The van der Waals surface area contributed by atoms with Crippen molar-refractivity contribution in [2.45, 2.75) is 11.8 Å². The molecule has 76 valence electrons. The summed E-state index contributed by atoms with van der Waals surface area (Å²) in [4.78, 5) is 14.5. The normalized spacial score (nSPS) is 11.4. The van der Waals surface area contributed by atoms with Gasteiger partial charge >= 0.3 is 5.38 Å². The van der Waals surface area contributed by atoms with Crippen LogP contribution in [-0.2, 0) is 11.2 Å². The zero-order valence-electron chi connectivity index (χ0n) is 6.81. The number of Topliss-reactive ketones (excluding diaryl/α,β-unsaturated/α-hetero) is 1. The lowest BCUT2D eigenvalue weighted by molar-refractivity contribution is -0.132. The first-order chi connectivity index (χ1) is 6.41. The van der Waals surface area contributed by atoms with Gasteiger partial charge in [-0.25, -0.2) is 0 Å². The average molecular weight is 240 g/mol. The van der Waals surface area contributed by atoms with Crippen LogP contribution >= 0.6 is 23.2 Å². The van der Waals surface area contributed by atoms with Crippen molar-refractivity contribution >= 4 is 29.0 Å². The lowest BCUT2D eigenvalue weighted by Gasteiger charge is -2.06. The van der Waals surface area contributed by atoms with E-state index in [0.717, 1.165) is 0 Å². The molecule has 0 amide bonds. The third kappa shape index (κ3) is 2.89. The van der Waals surface area contributed by atoms with Crippen LogP contribution in [0, 0.1) is 0 Å². The molecule has 0 unspecified atom stereocenters. The molecule has 6 heteroatoms. The number of nitrogens with zero attached hydrogens (tertiary/aromatic N) is 1. The van der Waals surface area contributed by atoms with E-state index in [-0.39, 0.29) is 10.6 Å². The Morgan fingerprint density at radius 2 is 2.21 bits per heavy atom. The van der Waals surface area contributed by atoms with Crippen molar-refractivity contribution in [2.75, 3.05) is 0 Å². The van der Waals surface area contributed by atoms with Gasteiger partial charge in [0.05, 0.1) is 5.02 Å². The first-order valence-corrected chi connectivity index (χ1v) is 4.35. The highest BCUT2D eigenvalue weighted by molar-refractivity contribution is 6.33. The van der Waals surface area contributed by atoms with E-state index in [1.807, 2.05) is 0 Å². The molecule has 0 aliphatic rings. The second kappa shape index (κ2) is 4.19. The highest BCUT2D eigenvalue weighted by Gasteiger charge is 2.35. The number of hydrogen-bond acceptors (Lipinski definition) is 2. The summed E-state index contributed by atoms with van der Waals surface area (Å²) in [6, 6.07) is 1.39. The summed E-state index contributed by atoms with van der Waals surface area (Å²) in [5.41, 5.74) is 0.284. The van der Waals surface area contributed by atoms with Gasteiger partial charge in [-0.15, -0.1) is 0 Å². The molecule has 0 N–H and O–H groups in total. The number of carbonyl (C=O) groups excluding carboxylic acids is 1. The summed E-state index contributed by atoms with van der Waals surface area (Å²) in [5.74, 6) is -1.38. The van der Waals surface area contributed by atoms with E-state index in [4.69, 9.17) is 11.6 Å². The second-order valence-corrected chi connectivity index (χ2v) is 3.45. The topological polar surface area (TPSA) is 30.0 Å². The number of carbonyl (C=O) groups is 1. The van der Waals surface area contributed by atoms with E-state index < -0.39 is 17.6 Å². The van der Waals surface area contributed by atoms with Crippen LogP contribution in [0.1, 0.15) is 5.56 Å². The second-order valence-electron chi connectivity index (χ2n) is 2.56. The maximum atomic E-state index is 12.3. The number of alkyl halides is 3. The van der Waals surface area contributed by atoms with Gasteiger partial charge in [0, 0.05) is 18.8 Å². The van der Waals surface area contributed by atoms with Crippen molar-refractivity contribution in [1.82, 2.24) is 4.98 Å². The first kappa shape index (κ1) is 11.3. The quantitative estimate of drug-likeness (QED) is 0.760. The average Bonchev–Trinajstić information content (AvgIpc) is 2.07. The van der Waals surface area contributed by atoms with Gasteiger partial charge in [-0.2, -0.15) is 8.78 Å². The molecule has 0 saturated heterocycles. The summed E-state index contributed by atoms with van der Waals surface area (Å²) < 4.78 is 24.6. The van der Waals surface area contributed by atoms with Crippen molar-refractivity contribution in [2.24, 2.45) is 0 Å². The fourth-order valence-corrected chi connectivity index (χ4v) is 1.07. The van der Waals surface area contributed by atoms with Gasteiger partial charge in [0.1, 0.15) is 0 Å². The van der Waals surface area contributed by atoms with Crippen LogP contribution in [0.4, 0.5) is 8.78 Å². The van der Waals surface area contributed by atoms with Gasteiger partial charge in [0.25, 0.3) is 0 Å². The molecule has 1 heterocycles. The molecule has 1 rings (SSSR count). The maximum Gasteiger partial charge on any atom is 0.380 e. The number of aromatic nitrogens is 1. The number of pyridine rings is 1. The third-order valence-electron chi connectivity index (χ3n) is 1.52. The molecular formula is C8H5Cl2F2NO. The van der Waals surface area contributed by atoms with Crippen LogP contribution in [0.15, 0.2) is 18.5 Å². The van der Waals surface area contributed by atoms with Gasteiger partial charge in [-0.3, -0.25) is 9.78 Å². The Balaban J connectivity index is 2.80. The standard InChI is InChI=1S/C8H5Cl2F2NO/c9-6-4-13-2-1-5(6)3-7(14)8(10,11)12/h1-2,4H,3H2. The minimum Gasteiger partial charge on any atom is -0.291 e. The summed E-state index contributed by atoms with van der Waals surface area (Å²) in [7, 11) is 0. The minimum atomic E-state index is -3.84. The number of ketones is 1. The molecule has 0 bridgehead atoms. The van der Waals surface area contributed by atoms with Gasteiger partial charge in [-0.05, 0) is 23.2 Å². The molecule has 0 aliphatic carbocycles. The summed E-state index contributed by atoms with van der Waals surface area (Å²) in [6.07, 6.45) is 2.13. The molecule has 0 aliphatic heterocycles. The molecule has 14 heavy (non-hydrogen) atoms. The van der Waals surface area contributed by atoms with Crippen LogP contribution in [0.2, 0.25) is 5.02 Å². The number of hydrogen-bond donors (Lipinski definition) is 0. The Morgan fingerprint density at radius 1 is 1.57 bits per heavy atom. The van der Waals surface area contributed by atoms with E-state index in [0.29, 0.717) is 0 Å². The predicted molar refractivity (Wildman–Crippen MR) is 48.8 cm³/mol. The van der Waals surface area contributed by atoms with Gasteiger partial charge < -0.3 is 0 Å². The Morgan fingerprint density at radius 3 is 2.71 bits per heavy atom. The zero-order valence-corrected chi connectivity index (χ0v) is 8.32. The Labute approximate surface area is 88.8 Å². The fraction of sp³-hybridized carbons (Fsp3) is 0.250. The lowest BCUT2D eigenvalue weighted by atomic mass is 10.1. The Bertz CT molecular complexity index is 351. The van der Waals surface area contributed by atoms with Crippen molar-refractivity contribution < 1.29 is 13.6 Å². The molecule has 0 fully saturated rings. The lowest BCUT2D eigenvalue weighted by Crippen LogP contribution is -2.23. The van der Waals surface area contributed by atoms with Crippen LogP contribution in [0.25, 0.3) is 0 Å². The maximum absolute atomic E-state index is 12.3. The van der Waals surface area contributed by atoms with Gasteiger partial charge in [0.15, 0.2) is 0 Å². The van der Waals surface area contributed by atoms with E-state index >= 15 is 0 Å². The molecule has 1 aromatic heterocycles. The summed E-state index contributed by atoms with van der Waals surface area (Å²) in [6.45, 7) is 0. The van der Waals surface area contributed by atoms with Crippen LogP contribution in [-0.4, -0.2) is 16.1 Å². The van der Waals surface area contributed by atoms with E-state index in [9.17, 15) is 13.6 Å². The van der Waals surface area contributed by atoms with E-state index in [1.165, 1.54) is 18.5 Å². The van der Waals surface area contributed by atoms with Gasteiger partial charge in [0.2, 0.25) is 5.78 Å². The van der Waals surface area contributed by atoms with Crippen LogP contribution < -0.4 is 0 Å². The molecule has 0 atom stereocenters. The monoisotopic (exact) mass is 239 g/mol. The van der Waals surface area contributed by atoms with Crippen molar-refractivity contribution in [3.63, 3.8) is 0 Å². The highest BCUT2D eigenvalue weighted by Crippen LogP contribution is 2.24. The molecule has 0 spiro atoms. The SMILES string of the molecule is O=C(Cc1ccncc1Cl)C(F)(F)Cl. The van der Waals surface area contributed by atoms with E-state index in [1.54, 1.807) is 0 Å². The van der Waals surface area contributed by atoms with Crippen molar-refractivity contribution in [3.05, 3.63) is 29.0 Å². The molecule has 1 aromatic rings. The van der Waals surface area contributed by atoms with Crippen LogP contribution in [0.3, 0.4) is 0 Å². The fourth-order valence-electron chi connectivity index (χ4n) is 0.821. The molecular weight excluding hydrogens is 235 g/mol. The summed E-state index contributed by atoms with van der Waals surface area (Å²) >= 11 is 10.2. The molecule has 2 nitrogen and oxygen atoms in total. The highest BCUT2D eigenvalue weighted by atomic mass is 35.5. The van der Waals surface area contributed by atoms with Crippen molar-refractivity contribution in [3.8, 4) is 0 Å². The zero-order chi connectivity index (χ0) is 10.8. The number of rotatable bonds is 3. The predicted octanol–water partition coefficient (Wildman–Crippen LogP) is 2.68. The smallest absolute Gasteiger partial charge is 0.291 e. The molecule has 0 aromatic carbocycles. The first-order valence-electron chi connectivity index (χ1n) is 3.59. The Kier molecular flexibility index (Phi) is 3.39.